The predicted octanol–water partition coefficient (Wildman–Crippen LogP) is 4.64. The Bertz CT molecular complexity index is 1140. The Morgan fingerprint density at radius 3 is 1.89 bits per heavy atom. The number of benzene rings is 3. The van der Waals surface area contributed by atoms with Gasteiger partial charge in [-0.25, -0.2) is 9.59 Å². The third-order valence-electron chi connectivity index (χ3n) is 5.19. The van der Waals surface area contributed by atoms with E-state index in [9.17, 15) is 19.5 Å². The van der Waals surface area contributed by atoms with Gasteiger partial charge in [0.15, 0.2) is 0 Å². The second-order valence-corrected chi connectivity index (χ2v) is 8.57. The summed E-state index contributed by atoms with van der Waals surface area (Å²) in [7, 11) is 0. The molecule has 9 heteroatoms. The summed E-state index contributed by atoms with van der Waals surface area (Å²) in [6.07, 6.45) is -0.798. The first-order valence-corrected chi connectivity index (χ1v) is 11.6. The van der Waals surface area contributed by atoms with E-state index in [0.717, 1.165) is 11.1 Å². The average molecular weight is 515 g/mol. The van der Waals surface area contributed by atoms with E-state index in [4.69, 9.17) is 27.9 Å². The number of hydrogen-bond acceptors (Lipinski definition) is 4. The van der Waals surface area contributed by atoms with Crippen LogP contribution in [0.2, 0.25) is 10.0 Å². The van der Waals surface area contributed by atoms with E-state index >= 15 is 0 Å². The summed E-state index contributed by atoms with van der Waals surface area (Å²) < 4.78 is 5.24. The number of rotatable bonds is 10. The fraction of sp³-hybridized carbons (Fsp3) is 0.192. The van der Waals surface area contributed by atoms with Crippen LogP contribution in [0, 0.1) is 0 Å². The Morgan fingerprint density at radius 2 is 1.31 bits per heavy atom. The van der Waals surface area contributed by atoms with E-state index in [1.54, 1.807) is 54.6 Å². The van der Waals surface area contributed by atoms with Crippen LogP contribution < -0.4 is 10.6 Å². The van der Waals surface area contributed by atoms with E-state index in [-0.39, 0.29) is 19.4 Å². The van der Waals surface area contributed by atoms with Crippen LogP contribution in [0.3, 0.4) is 0 Å². The zero-order valence-corrected chi connectivity index (χ0v) is 20.1. The van der Waals surface area contributed by atoms with Gasteiger partial charge in [-0.3, -0.25) is 4.79 Å². The Labute approximate surface area is 213 Å². The quantitative estimate of drug-likeness (QED) is 0.365. The summed E-state index contributed by atoms with van der Waals surface area (Å²) >= 11 is 12.4. The summed E-state index contributed by atoms with van der Waals surface area (Å²) in [5.41, 5.74) is 1.96. The van der Waals surface area contributed by atoms with E-state index < -0.39 is 30.1 Å². The van der Waals surface area contributed by atoms with Crippen LogP contribution in [0.25, 0.3) is 0 Å². The number of carbonyl (C=O) groups excluding carboxylic acids is 2. The fourth-order valence-electron chi connectivity index (χ4n) is 3.37. The minimum Gasteiger partial charge on any atom is -0.480 e. The van der Waals surface area contributed by atoms with Gasteiger partial charge in [-0.05, 0) is 28.8 Å². The van der Waals surface area contributed by atoms with Crippen LogP contribution in [-0.2, 0) is 33.8 Å². The van der Waals surface area contributed by atoms with Crippen molar-refractivity contribution in [2.24, 2.45) is 0 Å². The highest BCUT2D eigenvalue weighted by Gasteiger charge is 2.28. The molecule has 0 aromatic heterocycles. The van der Waals surface area contributed by atoms with Crippen molar-refractivity contribution in [2.45, 2.75) is 31.5 Å². The van der Waals surface area contributed by atoms with E-state index in [1.807, 2.05) is 24.3 Å². The third-order valence-corrected chi connectivity index (χ3v) is 5.90. The van der Waals surface area contributed by atoms with Gasteiger partial charge in [0.05, 0.1) is 0 Å². The molecule has 0 bridgehead atoms. The Kier molecular flexibility index (Phi) is 9.52. The number of halogens is 2. The van der Waals surface area contributed by atoms with Crippen LogP contribution in [0.15, 0.2) is 78.9 Å². The smallest absolute Gasteiger partial charge is 0.408 e. The zero-order valence-electron chi connectivity index (χ0n) is 18.6. The zero-order chi connectivity index (χ0) is 25.2. The van der Waals surface area contributed by atoms with Gasteiger partial charge in [-0.15, -0.1) is 0 Å². The standard InChI is InChI=1S/C26H24Cl2N2O5/c27-20-12-7-13-21(28)19(20)15-23(25(32)33)29-24(31)22(14-17-8-3-1-4-9-17)30-26(34)35-16-18-10-5-2-6-11-18/h1-13,22-23H,14-16H2,(H,29,31)(H,30,34)(H,32,33)/t22-,23-/m0/s1. The molecule has 0 unspecified atom stereocenters. The lowest BCUT2D eigenvalue weighted by Gasteiger charge is -2.22. The van der Waals surface area contributed by atoms with Crippen LogP contribution >= 0.6 is 23.2 Å². The van der Waals surface area contributed by atoms with Crippen molar-refractivity contribution in [3.8, 4) is 0 Å². The molecule has 0 aliphatic carbocycles. The van der Waals surface area contributed by atoms with E-state index in [0.29, 0.717) is 15.6 Å². The number of alkyl carbamates (subject to hydrolysis) is 1. The number of carbonyl (C=O) groups is 3. The average Bonchev–Trinajstić information content (AvgIpc) is 2.85. The van der Waals surface area contributed by atoms with Gasteiger partial charge in [0, 0.05) is 22.9 Å². The molecule has 3 aromatic carbocycles. The maximum absolute atomic E-state index is 13.1. The molecule has 0 saturated heterocycles. The number of carboxylic acid groups (broad SMARTS) is 1. The van der Waals surface area contributed by atoms with Gasteiger partial charge in [0.2, 0.25) is 5.91 Å². The Morgan fingerprint density at radius 1 is 0.743 bits per heavy atom. The Balaban J connectivity index is 1.72. The molecule has 3 rings (SSSR count). The lowest BCUT2D eigenvalue weighted by Crippen LogP contribution is -2.53. The summed E-state index contributed by atoms with van der Waals surface area (Å²) in [5.74, 6) is -1.94. The minimum absolute atomic E-state index is 0.0229. The molecule has 2 atom stereocenters. The topological polar surface area (TPSA) is 105 Å². The predicted molar refractivity (Wildman–Crippen MR) is 133 cm³/mol. The largest absolute Gasteiger partial charge is 0.480 e. The Hall–Kier alpha value is -3.55. The molecule has 0 spiro atoms. The second kappa shape index (κ2) is 12.8. The minimum atomic E-state index is -1.32. The molecule has 0 aliphatic rings. The molecule has 182 valence electrons. The molecule has 0 aliphatic heterocycles. The van der Waals surface area contributed by atoms with Crippen molar-refractivity contribution >= 4 is 41.2 Å². The van der Waals surface area contributed by atoms with Crippen LogP contribution in [-0.4, -0.2) is 35.2 Å². The van der Waals surface area contributed by atoms with Crippen molar-refractivity contribution in [1.82, 2.24) is 10.6 Å². The van der Waals surface area contributed by atoms with Gasteiger partial charge in [0.25, 0.3) is 0 Å². The first kappa shape index (κ1) is 26.1. The normalized spacial score (nSPS) is 12.3. The number of ether oxygens (including phenoxy) is 1. The molecular formula is C26H24Cl2N2O5. The summed E-state index contributed by atoms with van der Waals surface area (Å²) in [6, 6.07) is 20.6. The maximum Gasteiger partial charge on any atom is 0.408 e. The van der Waals surface area contributed by atoms with Crippen molar-refractivity contribution < 1.29 is 24.2 Å². The van der Waals surface area contributed by atoms with Crippen molar-refractivity contribution in [1.29, 1.82) is 0 Å². The molecule has 0 fully saturated rings. The van der Waals surface area contributed by atoms with Gasteiger partial charge < -0.3 is 20.5 Å². The molecule has 3 N–H and O–H groups in total. The maximum atomic E-state index is 13.1. The molecule has 0 saturated carbocycles. The highest BCUT2D eigenvalue weighted by molar-refractivity contribution is 6.36. The van der Waals surface area contributed by atoms with Crippen molar-refractivity contribution in [3.63, 3.8) is 0 Å². The molecule has 0 heterocycles. The number of nitrogens with one attached hydrogen (secondary N) is 2. The number of carboxylic acids is 1. The molecule has 35 heavy (non-hydrogen) atoms. The first-order valence-electron chi connectivity index (χ1n) is 10.8. The van der Waals surface area contributed by atoms with Gasteiger partial charge in [-0.1, -0.05) is 89.9 Å². The summed E-state index contributed by atoms with van der Waals surface area (Å²) in [4.78, 5) is 37.5. The van der Waals surface area contributed by atoms with Crippen LogP contribution in [0.5, 0.6) is 0 Å². The molecular weight excluding hydrogens is 491 g/mol. The van der Waals surface area contributed by atoms with E-state index in [1.165, 1.54) is 0 Å². The lowest BCUT2D eigenvalue weighted by atomic mass is 10.0. The second-order valence-electron chi connectivity index (χ2n) is 7.75. The van der Waals surface area contributed by atoms with Gasteiger partial charge in [-0.2, -0.15) is 0 Å². The molecule has 3 aromatic rings. The summed E-state index contributed by atoms with van der Waals surface area (Å²) in [6.45, 7) is 0.0229. The highest BCUT2D eigenvalue weighted by Crippen LogP contribution is 2.25. The molecule has 7 nitrogen and oxygen atoms in total. The van der Waals surface area contributed by atoms with Gasteiger partial charge in [0.1, 0.15) is 18.7 Å². The van der Waals surface area contributed by atoms with Crippen LogP contribution in [0.1, 0.15) is 16.7 Å². The monoisotopic (exact) mass is 514 g/mol. The lowest BCUT2D eigenvalue weighted by molar-refractivity contribution is -0.142. The molecule has 0 radical (unpaired) electrons. The van der Waals surface area contributed by atoms with Crippen molar-refractivity contribution in [3.05, 3.63) is 106 Å². The summed E-state index contributed by atoms with van der Waals surface area (Å²) in [5, 5.41) is 15.3. The van der Waals surface area contributed by atoms with Crippen molar-refractivity contribution in [2.75, 3.05) is 0 Å². The number of aliphatic carboxylic acids is 1. The SMILES string of the molecule is O=C(N[C@@H](Cc1ccccc1)C(=O)N[C@@H](Cc1c(Cl)cccc1Cl)C(=O)O)OCc1ccccc1. The molecule has 2 amide bonds. The number of amides is 2. The van der Waals surface area contributed by atoms with Gasteiger partial charge >= 0.3 is 12.1 Å². The third kappa shape index (κ3) is 8.02. The van der Waals surface area contributed by atoms with E-state index in [2.05, 4.69) is 10.6 Å². The highest BCUT2D eigenvalue weighted by atomic mass is 35.5. The fourth-order valence-corrected chi connectivity index (χ4v) is 3.92. The first-order chi connectivity index (χ1) is 16.8. The van der Waals surface area contributed by atoms with Crippen LogP contribution in [0.4, 0.5) is 4.79 Å². The number of hydrogen-bond donors (Lipinski definition) is 3.